The van der Waals surface area contributed by atoms with Gasteiger partial charge in [0.05, 0.1) is 5.69 Å². The number of aryl methyl sites for hydroxylation is 1. The molecule has 0 unspecified atom stereocenters. The molecule has 3 heterocycles. The SMILES string of the molecule is Cc1nn(-c2cc(N3CCCC3)ncn2)c(C)c1CCC(=O)O. The van der Waals surface area contributed by atoms with Crippen molar-refractivity contribution in [2.24, 2.45) is 0 Å². The maximum absolute atomic E-state index is 10.8. The van der Waals surface area contributed by atoms with E-state index in [1.807, 2.05) is 19.9 Å². The zero-order chi connectivity index (χ0) is 16.4. The fourth-order valence-corrected chi connectivity index (χ4v) is 3.06. The molecule has 3 rings (SSSR count). The highest BCUT2D eigenvalue weighted by Crippen LogP contribution is 2.22. The molecule has 0 bridgehead atoms. The van der Waals surface area contributed by atoms with Crippen LogP contribution in [0.2, 0.25) is 0 Å². The third kappa shape index (κ3) is 3.18. The number of hydrogen-bond donors (Lipinski definition) is 1. The summed E-state index contributed by atoms with van der Waals surface area (Å²) >= 11 is 0. The molecule has 1 N–H and O–H groups in total. The minimum absolute atomic E-state index is 0.107. The Labute approximate surface area is 135 Å². The van der Waals surface area contributed by atoms with E-state index >= 15 is 0 Å². The molecule has 0 radical (unpaired) electrons. The summed E-state index contributed by atoms with van der Waals surface area (Å²) in [5.41, 5.74) is 2.77. The lowest BCUT2D eigenvalue weighted by atomic mass is 10.1. The Morgan fingerprint density at radius 1 is 1.22 bits per heavy atom. The molecule has 1 aliphatic rings. The number of carboxylic acid groups (broad SMARTS) is 1. The molecule has 0 saturated carbocycles. The van der Waals surface area contributed by atoms with Crippen molar-refractivity contribution in [1.29, 1.82) is 0 Å². The van der Waals surface area contributed by atoms with Gasteiger partial charge in [-0.15, -0.1) is 0 Å². The van der Waals surface area contributed by atoms with Gasteiger partial charge >= 0.3 is 5.97 Å². The molecule has 1 saturated heterocycles. The fourth-order valence-electron chi connectivity index (χ4n) is 3.06. The summed E-state index contributed by atoms with van der Waals surface area (Å²) in [4.78, 5) is 21.8. The maximum atomic E-state index is 10.8. The van der Waals surface area contributed by atoms with Crippen LogP contribution in [0.1, 0.15) is 36.2 Å². The van der Waals surface area contributed by atoms with Crippen LogP contribution in [-0.2, 0) is 11.2 Å². The molecular formula is C16H21N5O2. The number of carboxylic acids is 1. The van der Waals surface area contributed by atoms with E-state index < -0.39 is 5.97 Å². The van der Waals surface area contributed by atoms with Gasteiger partial charge < -0.3 is 10.0 Å². The normalized spacial score (nSPS) is 14.4. The number of aliphatic carboxylic acids is 1. The largest absolute Gasteiger partial charge is 0.481 e. The third-order valence-electron chi connectivity index (χ3n) is 4.32. The Bertz CT molecular complexity index is 719. The highest BCUT2D eigenvalue weighted by atomic mass is 16.4. The topological polar surface area (TPSA) is 84.1 Å². The van der Waals surface area contributed by atoms with Crippen LogP contribution in [0.25, 0.3) is 5.82 Å². The first kappa shape index (κ1) is 15.5. The number of carbonyl (C=O) groups is 1. The van der Waals surface area contributed by atoms with Gasteiger partial charge in [-0.25, -0.2) is 14.6 Å². The fraction of sp³-hybridized carbons (Fsp3) is 0.500. The van der Waals surface area contributed by atoms with Crippen molar-refractivity contribution in [2.75, 3.05) is 18.0 Å². The van der Waals surface area contributed by atoms with Crippen molar-refractivity contribution in [3.05, 3.63) is 29.3 Å². The number of hydrogen-bond acceptors (Lipinski definition) is 5. The van der Waals surface area contributed by atoms with E-state index in [0.717, 1.165) is 41.7 Å². The minimum Gasteiger partial charge on any atom is -0.481 e. The van der Waals surface area contributed by atoms with Gasteiger partial charge in [-0.1, -0.05) is 0 Å². The summed E-state index contributed by atoms with van der Waals surface area (Å²) in [7, 11) is 0. The van der Waals surface area contributed by atoms with Crippen LogP contribution in [0, 0.1) is 13.8 Å². The molecule has 122 valence electrons. The van der Waals surface area contributed by atoms with Crippen molar-refractivity contribution in [2.45, 2.75) is 39.5 Å². The van der Waals surface area contributed by atoms with Crippen molar-refractivity contribution < 1.29 is 9.90 Å². The van der Waals surface area contributed by atoms with Crippen molar-refractivity contribution in [1.82, 2.24) is 19.7 Å². The number of nitrogens with zero attached hydrogens (tertiary/aromatic N) is 5. The quantitative estimate of drug-likeness (QED) is 0.907. The number of anilines is 1. The van der Waals surface area contributed by atoms with E-state index in [0.29, 0.717) is 6.42 Å². The molecule has 0 spiro atoms. The third-order valence-corrected chi connectivity index (χ3v) is 4.32. The Kier molecular flexibility index (Phi) is 4.27. The van der Waals surface area contributed by atoms with Gasteiger partial charge in [-0.3, -0.25) is 4.79 Å². The first-order chi connectivity index (χ1) is 11.1. The Morgan fingerprint density at radius 3 is 2.61 bits per heavy atom. The Morgan fingerprint density at radius 2 is 1.91 bits per heavy atom. The molecule has 2 aromatic rings. The zero-order valence-electron chi connectivity index (χ0n) is 13.5. The summed E-state index contributed by atoms with van der Waals surface area (Å²) in [6, 6.07) is 1.95. The maximum Gasteiger partial charge on any atom is 0.303 e. The summed E-state index contributed by atoms with van der Waals surface area (Å²) < 4.78 is 1.79. The van der Waals surface area contributed by atoms with Gasteiger partial charge in [0.15, 0.2) is 5.82 Å². The van der Waals surface area contributed by atoms with E-state index in [1.54, 1.807) is 11.0 Å². The summed E-state index contributed by atoms with van der Waals surface area (Å²) in [5, 5.41) is 13.4. The van der Waals surface area contributed by atoms with Gasteiger partial charge in [0.1, 0.15) is 12.1 Å². The second-order valence-corrected chi connectivity index (χ2v) is 5.88. The molecule has 0 aliphatic carbocycles. The van der Waals surface area contributed by atoms with E-state index in [4.69, 9.17) is 5.11 Å². The average molecular weight is 315 g/mol. The smallest absolute Gasteiger partial charge is 0.303 e. The van der Waals surface area contributed by atoms with Gasteiger partial charge in [0, 0.05) is 31.3 Å². The summed E-state index contributed by atoms with van der Waals surface area (Å²) in [6.45, 7) is 5.91. The average Bonchev–Trinajstić information content (AvgIpc) is 3.15. The lowest BCUT2D eigenvalue weighted by molar-refractivity contribution is -0.136. The van der Waals surface area contributed by atoms with Crippen LogP contribution in [0.15, 0.2) is 12.4 Å². The highest BCUT2D eigenvalue weighted by Gasteiger charge is 2.17. The van der Waals surface area contributed by atoms with Crippen LogP contribution in [0.4, 0.5) is 5.82 Å². The Hall–Kier alpha value is -2.44. The van der Waals surface area contributed by atoms with Crippen molar-refractivity contribution in [3.63, 3.8) is 0 Å². The molecular weight excluding hydrogens is 294 g/mol. The summed E-state index contributed by atoms with van der Waals surface area (Å²) in [6.07, 6.45) is 4.54. The van der Waals surface area contributed by atoms with Gasteiger partial charge in [0.25, 0.3) is 0 Å². The molecule has 23 heavy (non-hydrogen) atoms. The monoisotopic (exact) mass is 315 g/mol. The molecule has 7 nitrogen and oxygen atoms in total. The first-order valence-electron chi connectivity index (χ1n) is 7.90. The van der Waals surface area contributed by atoms with Crippen molar-refractivity contribution >= 4 is 11.8 Å². The second-order valence-electron chi connectivity index (χ2n) is 5.88. The predicted octanol–water partition coefficient (Wildman–Crippen LogP) is 1.90. The lowest BCUT2D eigenvalue weighted by Crippen LogP contribution is -2.19. The number of rotatable bonds is 5. The van der Waals surface area contributed by atoms with E-state index in [2.05, 4.69) is 20.0 Å². The highest BCUT2D eigenvalue weighted by molar-refractivity contribution is 5.67. The van der Waals surface area contributed by atoms with Gasteiger partial charge in [0.2, 0.25) is 0 Å². The molecule has 2 aromatic heterocycles. The van der Waals surface area contributed by atoms with Crippen LogP contribution in [-0.4, -0.2) is 43.9 Å². The van der Waals surface area contributed by atoms with Crippen LogP contribution in [0.3, 0.4) is 0 Å². The summed E-state index contributed by atoms with van der Waals surface area (Å²) in [5.74, 6) is 0.853. The van der Waals surface area contributed by atoms with Gasteiger partial charge in [-0.2, -0.15) is 5.10 Å². The number of aromatic nitrogens is 4. The predicted molar refractivity (Wildman–Crippen MR) is 86.0 cm³/mol. The first-order valence-corrected chi connectivity index (χ1v) is 7.90. The zero-order valence-corrected chi connectivity index (χ0v) is 13.5. The molecule has 1 aliphatic heterocycles. The van der Waals surface area contributed by atoms with E-state index in [9.17, 15) is 4.79 Å². The van der Waals surface area contributed by atoms with Crippen LogP contribution < -0.4 is 4.90 Å². The van der Waals surface area contributed by atoms with Crippen molar-refractivity contribution in [3.8, 4) is 5.82 Å². The van der Waals surface area contributed by atoms with Gasteiger partial charge in [-0.05, 0) is 38.7 Å². The van der Waals surface area contributed by atoms with Crippen LogP contribution in [0.5, 0.6) is 0 Å². The molecule has 0 aromatic carbocycles. The lowest BCUT2D eigenvalue weighted by Gasteiger charge is -2.16. The van der Waals surface area contributed by atoms with Crippen LogP contribution >= 0.6 is 0 Å². The molecule has 7 heteroatoms. The minimum atomic E-state index is -0.796. The second kappa shape index (κ2) is 6.36. The molecule has 0 atom stereocenters. The Balaban J connectivity index is 1.91. The van der Waals surface area contributed by atoms with E-state index in [1.165, 1.54) is 12.8 Å². The molecule has 1 fully saturated rings. The standard InChI is InChI=1S/C16H21N5O2/c1-11-13(5-6-16(22)23)12(2)21(19-11)15-9-14(17-10-18-15)20-7-3-4-8-20/h9-10H,3-8H2,1-2H3,(H,22,23). The van der Waals surface area contributed by atoms with E-state index in [-0.39, 0.29) is 6.42 Å². The molecule has 0 amide bonds.